The van der Waals surface area contributed by atoms with E-state index in [-0.39, 0.29) is 12.0 Å². The molecular weight excluding hydrogens is 364 g/mol. The van der Waals surface area contributed by atoms with E-state index in [1.54, 1.807) is 26.6 Å². The number of carbonyl (C=O) groups is 1. The smallest absolute Gasteiger partial charge is 0.321 e. The predicted octanol–water partition coefficient (Wildman–Crippen LogP) is 2.62. The van der Waals surface area contributed by atoms with Crippen molar-refractivity contribution in [1.29, 1.82) is 0 Å². The second-order valence-electron chi connectivity index (χ2n) is 4.55. The molecule has 2 amide bonds. The van der Waals surface area contributed by atoms with Gasteiger partial charge in [0, 0.05) is 18.9 Å². The molecule has 2 rings (SSSR count). The Morgan fingerprint density at radius 2 is 1.87 bits per heavy atom. The molecule has 0 bridgehead atoms. The molecule has 0 atom stereocenters. The minimum Gasteiger partial charge on any atom is -0.493 e. The van der Waals surface area contributed by atoms with Crippen molar-refractivity contribution in [1.82, 2.24) is 15.3 Å². The minimum atomic E-state index is -0.354. The van der Waals surface area contributed by atoms with Crippen LogP contribution < -0.4 is 20.1 Å². The fourth-order valence-electron chi connectivity index (χ4n) is 1.88. The average Bonchev–Trinajstić information content (AvgIpc) is 2.56. The molecule has 0 radical (unpaired) electrons. The molecule has 0 spiro atoms. The Labute approximate surface area is 142 Å². The third kappa shape index (κ3) is 5.10. The van der Waals surface area contributed by atoms with Gasteiger partial charge in [0.1, 0.15) is 0 Å². The number of benzene rings is 1. The van der Waals surface area contributed by atoms with Crippen molar-refractivity contribution in [2.75, 3.05) is 26.1 Å². The number of amides is 2. The molecule has 8 heteroatoms. The fraction of sp³-hybridized carbons (Fsp3) is 0.267. The molecule has 0 aliphatic rings. The number of hydrogen-bond acceptors (Lipinski definition) is 5. The maximum absolute atomic E-state index is 11.8. The molecule has 2 aromatic rings. The van der Waals surface area contributed by atoms with Gasteiger partial charge < -0.3 is 14.8 Å². The van der Waals surface area contributed by atoms with Crippen LogP contribution in [0.3, 0.4) is 0 Å². The lowest BCUT2D eigenvalue weighted by Crippen LogP contribution is -2.31. The molecule has 7 nitrogen and oxygen atoms in total. The molecule has 0 saturated carbocycles. The van der Waals surface area contributed by atoms with Gasteiger partial charge in [-0.05, 0) is 40.0 Å². The van der Waals surface area contributed by atoms with Crippen molar-refractivity contribution in [3.63, 3.8) is 0 Å². The van der Waals surface area contributed by atoms with Crippen LogP contribution >= 0.6 is 15.9 Å². The summed E-state index contributed by atoms with van der Waals surface area (Å²) in [5, 5.41) is 5.30. The van der Waals surface area contributed by atoms with E-state index in [1.807, 2.05) is 18.2 Å². The standard InChI is InChI=1S/C15H17BrN4O3/c1-22-12-4-3-10(7-13(12)23-2)5-6-17-15(21)20-14-18-8-11(16)9-19-14/h3-4,7-9H,5-6H2,1-2H3,(H2,17,18,19,20,21). The highest BCUT2D eigenvalue weighted by atomic mass is 79.9. The molecule has 0 unspecified atom stereocenters. The summed E-state index contributed by atoms with van der Waals surface area (Å²) in [6.45, 7) is 0.470. The first-order valence-corrected chi connectivity index (χ1v) is 7.65. The summed E-state index contributed by atoms with van der Waals surface area (Å²) in [5.41, 5.74) is 1.03. The molecular formula is C15H17BrN4O3. The van der Waals surface area contributed by atoms with Gasteiger partial charge in [0.15, 0.2) is 11.5 Å². The lowest BCUT2D eigenvalue weighted by molar-refractivity contribution is 0.252. The molecule has 1 heterocycles. The minimum absolute atomic E-state index is 0.247. The summed E-state index contributed by atoms with van der Waals surface area (Å²) in [7, 11) is 3.18. The van der Waals surface area contributed by atoms with E-state index in [0.717, 1.165) is 10.0 Å². The highest BCUT2D eigenvalue weighted by Gasteiger charge is 2.06. The number of methoxy groups -OCH3 is 2. The summed E-state index contributed by atoms with van der Waals surface area (Å²) in [6.07, 6.45) is 3.79. The largest absolute Gasteiger partial charge is 0.493 e. The zero-order chi connectivity index (χ0) is 16.7. The number of ether oxygens (including phenoxy) is 2. The Morgan fingerprint density at radius 1 is 1.17 bits per heavy atom. The van der Waals surface area contributed by atoms with Crippen LogP contribution in [0.4, 0.5) is 10.7 Å². The Balaban J connectivity index is 1.82. The topological polar surface area (TPSA) is 85.4 Å². The van der Waals surface area contributed by atoms with Gasteiger partial charge in [-0.25, -0.2) is 14.8 Å². The van der Waals surface area contributed by atoms with E-state index in [9.17, 15) is 4.79 Å². The fourth-order valence-corrected chi connectivity index (χ4v) is 2.08. The molecule has 1 aromatic carbocycles. The number of nitrogens with zero attached hydrogens (tertiary/aromatic N) is 2. The van der Waals surface area contributed by atoms with Gasteiger partial charge in [-0.15, -0.1) is 0 Å². The van der Waals surface area contributed by atoms with Gasteiger partial charge >= 0.3 is 6.03 Å². The van der Waals surface area contributed by atoms with Crippen LogP contribution in [0.1, 0.15) is 5.56 Å². The maximum Gasteiger partial charge on any atom is 0.321 e. The average molecular weight is 381 g/mol. The first-order chi connectivity index (χ1) is 11.1. The lowest BCUT2D eigenvalue weighted by atomic mass is 10.1. The summed E-state index contributed by atoms with van der Waals surface area (Å²) >= 11 is 3.23. The summed E-state index contributed by atoms with van der Waals surface area (Å²) in [4.78, 5) is 19.7. The van der Waals surface area contributed by atoms with Crippen LogP contribution in [0.15, 0.2) is 35.1 Å². The van der Waals surface area contributed by atoms with Gasteiger partial charge in [0.25, 0.3) is 0 Å². The summed E-state index contributed by atoms with van der Waals surface area (Å²) in [6, 6.07) is 5.30. The SMILES string of the molecule is COc1ccc(CCNC(=O)Nc2ncc(Br)cn2)cc1OC. The van der Waals surface area contributed by atoms with Gasteiger partial charge in [-0.3, -0.25) is 5.32 Å². The third-order valence-electron chi connectivity index (χ3n) is 2.99. The molecule has 0 aliphatic carbocycles. The number of nitrogens with one attached hydrogen (secondary N) is 2. The van der Waals surface area contributed by atoms with E-state index in [0.29, 0.717) is 24.5 Å². The predicted molar refractivity (Wildman–Crippen MR) is 90.0 cm³/mol. The molecule has 1 aromatic heterocycles. The lowest BCUT2D eigenvalue weighted by Gasteiger charge is -2.10. The Morgan fingerprint density at radius 3 is 2.52 bits per heavy atom. The second kappa shape index (κ2) is 8.33. The number of urea groups is 1. The van der Waals surface area contributed by atoms with E-state index >= 15 is 0 Å². The Bertz CT molecular complexity index is 664. The monoisotopic (exact) mass is 380 g/mol. The molecule has 122 valence electrons. The third-order valence-corrected chi connectivity index (χ3v) is 3.40. The van der Waals surface area contributed by atoms with E-state index in [4.69, 9.17) is 9.47 Å². The number of hydrogen-bond donors (Lipinski definition) is 2. The Kier molecular flexibility index (Phi) is 6.16. The van der Waals surface area contributed by atoms with Gasteiger partial charge in [-0.2, -0.15) is 0 Å². The molecule has 0 aliphatic heterocycles. The van der Waals surface area contributed by atoms with E-state index < -0.39 is 0 Å². The zero-order valence-corrected chi connectivity index (χ0v) is 14.4. The first kappa shape index (κ1) is 17.0. The van der Waals surface area contributed by atoms with Crippen molar-refractivity contribution in [3.8, 4) is 11.5 Å². The van der Waals surface area contributed by atoms with Gasteiger partial charge in [-0.1, -0.05) is 6.07 Å². The highest BCUT2D eigenvalue weighted by Crippen LogP contribution is 2.27. The molecule has 0 saturated heterocycles. The zero-order valence-electron chi connectivity index (χ0n) is 12.8. The van der Waals surface area contributed by atoms with Crippen molar-refractivity contribution < 1.29 is 14.3 Å². The Hall–Kier alpha value is -2.35. The first-order valence-electron chi connectivity index (χ1n) is 6.85. The van der Waals surface area contributed by atoms with Crippen molar-refractivity contribution in [3.05, 3.63) is 40.6 Å². The van der Waals surface area contributed by atoms with Crippen molar-refractivity contribution in [2.24, 2.45) is 0 Å². The number of halogens is 1. The number of anilines is 1. The van der Waals surface area contributed by atoms with Crippen molar-refractivity contribution >= 4 is 27.9 Å². The normalized spacial score (nSPS) is 10.0. The van der Waals surface area contributed by atoms with Crippen LogP contribution in [0, 0.1) is 0 Å². The van der Waals surface area contributed by atoms with Crippen molar-refractivity contribution in [2.45, 2.75) is 6.42 Å². The van der Waals surface area contributed by atoms with Gasteiger partial charge in [0.05, 0.1) is 18.7 Å². The van der Waals surface area contributed by atoms with Crippen LogP contribution in [-0.4, -0.2) is 36.8 Å². The number of rotatable bonds is 6. The van der Waals surface area contributed by atoms with Crippen LogP contribution in [-0.2, 0) is 6.42 Å². The van der Waals surface area contributed by atoms with Gasteiger partial charge in [0.2, 0.25) is 5.95 Å². The number of aromatic nitrogens is 2. The highest BCUT2D eigenvalue weighted by molar-refractivity contribution is 9.10. The van der Waals surface area contributed by atoms with Crippen LogP contribution in [0.5, 0.6) is 11.5 Å². The molecule has 23 heavy (non-hydrogen) atoms. The van der Waals surface area contributed by atoms with Crippen LogP contribution in [0.2, 0.25) is 0 Å². The molecule has 0 fully saturated rings. The molecule has 2 N–H and O–H groups in total. The summed E-state index contributed by atoms with van der Waals surface area (Å²) in [5.74, 6) is 1.59. The van der Waals surface area contributed by atoms with E-state index in [1.165, 1.54) is 0 Å². The quantitative estimate of drug-likeness (QED) is 0.804. The summed E-state index contributed by atoms with van der Waals surface area (Å²) < 4.78 is 11.2. The maximum atomic E-state index is 11.8. The number of carbonyl (C=O) groups excluding carboxylic acids is 1. The second-order valence-corrected chi connectivity index (χ2v) is 5.46. The van der Waals surface area contributed by atoms with E-state index in [2.05, 4.69) is 36.5 Å². The van der Waals surface area contributed by atoms with Crippen LogP contribution in [0.25, 0.3) is 0 Å².